The molecule has 9 atom stereocenters. The van der Waals surface area contributed by atoms with Crippen molar-refractivity contribution < 1.29 is 56.9 Å². The molecule has 13 heteroatoms. The van der Waals surface area contributed by atoms with Crippen molar-refractivity contribution in [2.45, 2.75) is 62.2 Å². The van der Waals surface area contributed by atoms with Crippen LogP contribution in [-0.2, 0) is 28.8 Å². The molecule has 12 nitrogen and oxygen atoms in total. The number of ether oxygens (including phenoxy) is 3. The van der Waals surface area contributed by atoms with Gasteiger partial charge < -0.3 is 39.7 Å². The Hall–Kier alpha value is -0.450. The molecule has 0 amide bonds. The maximum absolute atomic E-state index is 10.9. The highest BCUT2D eigenvalue weighted by molar-refractivity contribution is 7.80. The van der Waals surface area contributed by atoms with E-state index in [0.29, 0.717) is 0 Å². The van der Waals surface area contributed by atoms with Gasteiger partial charge in [0.1, 0.15) is 36.6 Å². The zero-order valence-corrected chi connectivity index (χ0v) is 13.3. The predicted molar refractivity (Wildman–Crippen MR) is 71.6 cm³/mol. The van der Waals surface area contributed by atoms with Gasteiger partial charge in [0, 0.05) is 0 Å². The lowest BCUT2D eigenvalue weighted by Gasteiger charge is -2.43. The summed E-state index contributed by atoms with van der Waals surface area (Å²) in [6.07, 6.45) is -14.1. The average Bonchev–Trinajstić information content (AvgIpc) is 2.47. The molecule has 0 aromatic heterocycles. The van der Waals surface area contributed by atoms with Crippen LogP contribution >= 0.6 is 0 Å². The van der Waals surface area contributed by atoms with Gasteiger partial charge in [-0.3, -0.25) is 4.55 Å². The van der Waals surface area contributed by atoms with Gasteiger partial charge in [-0.15, -0.1) is 0 Å². The summed E-state index contributed by atoms with van der Waals surface area (Å²) in [4.78, 5) is 0. The first-order chi connectivity index (χ1) is 11.0. The highest BCUT2D eigenvalue weighted by Gasteiger charge is 2.49. The summed E-state index contributed by atoms with van der Waals surface area (Å²) in [5, 5.41) is 48.2. The first kappa shape index (κ1) is 19.9. The Bertz CT molecular complexity index is 525. The van der Waals surface area contributed by atoms with E-state index in [1.54, 1.807) is 0 Å². The van der Waals surface area contributed by atoms with Crippen LogP contribution in [0, 0.1) is 0 Å². The summed E-state index contributed by atoms with van der Waals surface area (Å²) in [6.45, 7) is 0.973. The van der Waals surface area contributed by atoms with Gasteiger partial charge in [-0.2, -0.15) is 8.42 Å². The Morgan fingerprint density at radius 1 is 1.00 bits per heavy atom. The van der Waals surface area contributed by atoms with Crippen LogP contribution in [0.25, 0.3) is 0 Å². The Balaban J connectivity index is 2.17. The molecule has 2 aliphatic rings. The quantitative estimate of drug-likeness (QED) is 0.262. The molecular weight excluding hydrogens is 356 g/mol. The minimum absolute atomic E-state index is 0.375. The van der Waals surface area contributed by atoms with Gasteiger partial charge >= 0.3 is 10.4 Å². The first-order valence-corrected chi connectivity index (χ1v) is 8.36. The average molecular weight is 376 g/mol. The summed E-state index contributed by atoms with van der Waals surface area (Å²) in [6, 6.07) is 0. The van der Waals surface area contributed by atoms with E-state index in [0.717, 1.165) is 0 Å². The van der Waals surface area contributed by atoms with Crippen LogP contribution in [0.1, 0.15) is 6.92 Å². The van der Waals surface area contributed by atoms with Gasteiger partial charge in [0.05, 0.1) is 12.7 Å². The standard InChI is InChI=1S/C11H20O12S/c1-3-8(22-11-6(14)5(13)4(12)2-20-11)9(23-24(17,18)19)7(15)10(16)21-3/h3-16H,2H2,1H3,(H,17,18,19)/t3-,4+,5-,6+,7+,8-,9-,10+,11-/m0/s1. The molecule has 142 valence electrons. The third-order valence-corrected chi connectivity index (χ3v) is 4.21. The molecule has 0 aromatic rings. The summed E-state index contributed by atoms with van der Waals surface area (Å²) in [7, 11) is -5.01. The maximum atomic E-state index is 10.9. The Labute approximate surface area is 137 Å². The topological polar surface area (TPSA) is 192 Å². The second kappa shape index (κ2) is 7.43. The fraction of sp³-hybridized carbons (Fsp3) is 1.00. The molecule has 0 unspecified atom stereocenters. The Morgan fingerprint density at radius 2 is 1.62 bits per heavy atom. The largest absolute Gasteiger partial charge is 0.397 e. The van der Waals surface area contributed by atoms with Crippen molar-refractivity contribution in [2.75, 3.05) is 6.61 Å². The first-order valence-electron chi connectivity index (χ1n) is 7.00. The highest BCUT2D eigenvalue weighted by atomic mass is 32.3. The Kier molecular flexibility index (Phi) is 6.15. The number of hydrogen-bond donors (Lipinski definition) is 6. The third kappa shape index (κ3) is 4.39. The molecule has 0 aliphatic carbocycles. The van der Waals surface area contributed by atoms with Crippen LogP contribution in [0.4, 0.5) is 0 Å². The number of aliphatic hydroxyl groups excluding tert-OH is 5. The van der Waals surface area contributed by atoms with Crippen LogP contribution in [0.15, 0.2) is 0 Å². The number of aliphatic hydroxyl groups is 5. The van der Waals surface area contributed by atoms with Crippen molar-refractivity contribution in [3.63, 3.8) is 0 Å². The van der Waals surface area contributed by atoms with E-state index in [-0.39, 0.29) is 6.61 Å². The molecule has 2 aliphatic heterocycles. The summed E-state index contributed by atoms with van der Waals surface area (Å²) in [5.41, 5.74) is 0. The van der Waals surface area contributed by atoms with Crippen LogP contribution < -0.4 is 0 Å². The number of rotatable bonds is 4. The van der Waals surface area contributed by atoms with Gasteiger partial charge in [0.25, 0.3) is 0 Å². The monoisotopic (exact) mass is 376 g/mol. The van der Waals surface area contributed by atoms with Gasteiger partial charge in [-0.25, -0.2) is 4.18 Å². The minimum atomic E-state index is -5.01. The molecular formula is C11H20O12S. The van der Waals surface area contributed by atoms with Crippen molar-refractivity contribution >= 4 is 10.4 Å². The van der Waals surface area contributed by atoms with Crippen LogP contribution in [0.2, 0.25) is 0 Å². The molecule has 0 bridgehead atoms. The normalized spacial score (nSPS) is 47.5. The van der Waals surface area contributed by atoms with E-state index >= 15 is 0 Å². The van der Waals surface area contributed by atoms with Crippen LogP contribution in [0.5, 0.6) is 0 Å². The van der Waals surface area contributed by atoms with E-state index < -0.39 is 65.7 Å². The molecule has 2 rings (SSSR count). The van der Waals surface area contributed by atoms with Gasteiger partial charge in [0.2, 0.25) is 0 Å². The third-order valence-electron chi connectivity index (χ3n) is 3.75. The van der Waals surface area contributed by atoms with Crippen LogP contribution in [-0.4, -0.2) is 100 Å². The fourth-order valence-electron chi connectivity index (χ4n) is 2.50. The zero-order chi connectivity index (χ0) is 18.2. The predicted octanol–water partition coefficient (Wildman–Crippen LogP) is -3.90. The van der Waals surface area contributed by atoms with Crippen LogP contribution in [0.3, 0.4) is 0 Å². The molecule has 6 N–H and O–H groups in total. The van der Waals surface area contributed by atoms with Gasteiger partial charge in [-0.05, 0) is 6.92 Å². The number of hydrogen-bond acceptors (Lipinski definition) is 11. The summed E-state index contributed by atoms with van der Waals surface area (Å²) < 4.78 is 50.3. The molecule has 2 heterocycles. The molecule has 24 heavy (non-hydrogen) atoms. The highest BCUT2D eigenvalue weighted by Crippen LogP contribution is 2.29. The van der Waals surface area contributed by atoms with E-state index in [1.165, 1.54) is 6.92 Å². The lowest BCUT2D eigenvalue weighted by Crippen LogP contribution is -2.62. The van der Waals surface area contributed by atoms with E-state index in [9.17, 15) is 34.0 Å². The molecule has 0 aromatic carbocycles. The molecule has 2 saturated heterocycles. The molecule has 0 radical (unpaired) electrons. The van der Waals surface area contributed by atoms with E-state index in [1.807, 2.05) is 0 Å². The SMILES string of the molecule is C[C@@H]1O[C@@H](O)[C@H](O)[C@H](OS(=O)(=O)O)[C@H]1O[C@@H]1OC[C@@H](O)[C@H](O)[C@H]1O. The van der Waals surface area contributed by atoms with Crippen molar-refractivity contribution in [1.82, 2.24) is 0 Å². The van der Waals surface area contributed by atoms with Crippen molar-refractivity contribution in [3.8, 4) is 0 Å². The summed E-state index contributed by atoms with van der Waals surface area (Å²) in [5.74, 6) is 0. The smallest absolute Gasteiger partial charge is 0.388 e. The van der Waals surface area contributed by atoms with Gasteiger partial charge in [0.15, 0.2) is 12.6 Å². The van der Waals surface area contributed by atoms with E-state index in [2.05, 4.69) is 4.18 Å². The van der Waals surface area contributed by atoms with Crippen molar-refractivity contribution in [2.24, 2.45) is 0 Å². The second-order valence-corrected chi connectivity index (χ2v) is 6.61. The minimum Gasteiger partial charge on any atom is -0.388 e. The van der Waals surface area contributed by atoms with Crippen molar-refractivity contribution in [3.05, 3.63) is 0 Å². The molecule has 0 saturated carbocycles. The molecule has 2 fully saturated rings. The Morgan fingerprint density at radius 3 is 2.21 bits per heavy atom. The lowest BCUT2D eigenvalue weighted by atomic mass is 9.99. The second-order valence-electron chi connectivity index (χ2n) is 5.56. The van der Waals surface area contributed by atoms with Gasteiger partial charge in [-0.1, -0.05) is 0 Å². The maximum Gasteiger partial charge on any atom is 0.397 e. The lowest BCUT2D eigenvalue weighted by molar-refractivity contribution is -0.335. The fourth-order valence-corrected chi connectivity index (χ4v) is 3.00. The summed E-state index contributed by atoms with van der Waals surface area (Å²) >= 11 is 0. The molecule has 0 spiro atoms. The zero-order valence-electron chi connectivity index (χ0n) is 12.4. The van der Waals surface area contributed by atoms with E-state index in [4.69, 9.17) is 18.8 Å². The van der Waals surface area contributed by atoms with Crippen molar-refractivity contribution in [1.29, 1.82) is 0 Å².